The standard InChI is InChI=1S/C27H38N2O/c1-5-17-11-20-13-21(30)7-9-26(20,3)22-8-10-27(4)23(24(17)22)12-18(6-2)25(27)19-14-28-16-29-15-19/h11,14-17,21-24,30H,5-10,12-13H2,1-4H3/t17-,21-,22-,23-,24+,26-,27-/m0/s1. The molecule has 5 rings (SSSR count). The number of aliphatic hydroxyl groups excluding tert-OH is 1. The van der Waals surface area contributed by atoms with Gasteiger partial charge in [-0.2, -0.15) is 0 Å². The van der Waals surface area contributed by atoms with Gasteiger partial charge in [0, 0.05) is 18.0 Å². The van der Waals surface area contributed by atoms with Crippen molar-refractivity contribution in [2.24, 2.45) is 34.5 Å². The third kappa shape index (κ3) is 2.80. The first-order valence-electron chi connectivity index (χ1n) is 12.3. The van der Waals surface area contributed by atoms with Gasteiger partial charge in [0.2, 0.25) is 0 Å². The van der Waals surface area contributed by atoms with Crippen LogP contribution in [0.15, 0.2) is 35.9 Å². The number of aliphatic hydroxyl groups is 1. The Morgan fingerprint density at radius 1 is 1.00 bits per heavy atom. The second-order valence-corrected chi connectivity index (χ2v) is 11.0. The molecule has 1 aromatic heterocycles. The van der Waals surface area contributed by atoms with Crippen LogP contribution in [-0.4, -0.2) is 21.2 Å². The highest BCUT2D eigenvalue weighted by atomic mass is 16.3. The summed E-state index contributed by atoms with van der Waals surface area (Å²) < 4.78 is 0. The van der Waals surface area contributed by atoms with Gasteiger partial charge in [-0.1, -0.05) is 44.9 Å². The minimum absolute atomic E-state index is 0.128. The second-order valence-electron chi connectivity index (χ2n) is 11.0. The molecule has 3 heteroatoms. The first-order valence-corrected chi connectivity index (χ1v) is 12.3. The maximum absolute atomic E-state index is 10.4. The average Bonchev–Trinajstić information content (AvgIpc) is 3.06. The third-order valence-corrected chi connectivity index (χ3v) is 9.77. The van der Waals surface area contributed by atoms with Crippen molar-refractivity contribution in [3.05, 3.63) is 41.5 Å². The summed E-state index contributed by atoms with van der Waals surface area (Å²) in [7, 11) is 0. The van der Waals surface area contributed by atoms with E-state index < -0.39 is 0 Å². The highest BCUT2D eigenvalue weighted by Crippen LogP contribution is 2.69. The lowest BCUT2D eigenvalue weighted by Crippen LogP contribution is -2.52. The number of rotatable bonds is 3. The van der Waals surface area contributed by atoms with E-state index in [1.54, 1.807) is 23.0 Å². The molecule has 1 aromatic rings. The fourth-order valence-corrected chi connectivity index (χ4v) is 8.26. The lowest BCUT2D eigenvalue weighted by atomic mass is 9.45. The molecule has 3 nitrogen and oxygen atoms in total. The van der Waals surface area contributed by atoms with Gasteiger partial charge < -0.3 is 5.11 Å². The highest BCUT2D eigenvalue weighted by Gasteiger charge is 2.59. The predicted molar refractivity (Wildman–Crippen MR) is 121 cm³/mol. The quantitative estimate of drug-likeness (QED) is 0.607. The highest BCUT2D eigenvalue weighted by molar-refractivity contribution is 5.75. The molecule has 4 aliphatic rings. The molecule has 0 unspecified atom stereocenters. The second kappa shape index (κ2) is 7.29. The molecule has 2 fully saturated rings. The average molecular weight is 407 g/mol. The van der Waals surface area contributed by atoms with Gasteiger partial charge in [-0.25, -0.2) is 9.97 Å². The van der Waals surface area contributed by atoms with E-state index >= 15 is 0 Å². The van der Waals surface area contributed by atoms with Crippen LogP contribution < -0.4 is 0 Å². The Balaban J connectivity index is 1.58. The summed E-state index contributed by atoms with van der Waals surface area (Å²) in [6.07, 6.45) is 17.5. The maximum Gasteiger partial charge on any atom is 0.115 e. The Kier molecular flexibility index (Phi) is 4.96. The number of fused-ring (bicyclic) bond motifs is 5. The van der Waals surface area contributed by atoms with E-state index in [0.717, 1.165) is 37.5 Å². The zero-order chi connectivity index (χ0) is 21.1. The lowest BCUT2D eigenvalue weighted by molar-refractivity contribution is -0.0468. The molecule has 0 aromatic carbocycles. The van der Waals surface area contributed by atoms with Gasteiger partial charge in [0.1, 0.15) is 6.33 Å². The topological polar surface area (TPSA) is 46.0 Å². The smallest absolute Gasteiger partial charge is 0.115 e. The van der Waals surface area contributed by atoms with Gasteiger partial charge in [-0.3, -0.25) is 0 Å². The molecule has 0 aliphatic heterocycles. The van der Waals surface area contributed by atoms with Gasteiger partial charge in [0.15, 0.2) is 0 Å². The first kappa shape index (κ1) is 20.4. The summed E-state index contributed by atoms with van der Waals surface area (Å²) in [5, 5.41) is 10.4. The molecular formula is C27H38N2O. The molecule has 0 amide bonds. The number of hydrogen-bond donors (Lipinski definition) is 1. The summed E-state index contributed by atoms with van der Waals surface area (Å²) >= 11 is 0. The molecule has 2 saturated carbocycles. The van der Waals surface area contributed by atoms with Crippen LogP contribution in [0.25, 0.3) is 5.57 Å². The van der Waals surface area contributed by atoms with Crippen molar-refractivity contribution < 1.29 is 5.11 Å². The lowest BCUT2D eigenvalue weighted by Gasteiger charge is -2.60. The SMILES string of the molecule is CCC1=C(c2cncnc2)[C@@]2(C)CC[C@H]3[C@@H]([C@@H](CC)C=C4C[C@@H](O)CC[C@@]43C)[C@@H]2C1. The fourth-order valence-electron chi connectivity index (χ4n) is 8.26. The van der Waals surface area contributed by atoms with E-state index in [1.165, 1.54) is 31.2 Å². The van der Waals surface area contributed by atoms with Crippen LogP contribution in [0.2, 0.25) is 0 Å². The van der Waals surface area contributed by atoms with E-state index in [4.69, 9.17) is 0 Å². The summed E-state index contributed by atoms with van der Waals surface area (Å²) in [4.78, 5) is 8.75. The van der Waals surface area contributed by atoms with Crippen LogP contribution in [0.4, 0.5) is 0 Å². The molecule has 0 radical (unpaired) electrons. The Morgan fingerprint density at radius 2 is 1.73 bits per heavy atom. The Hall–Kier alpha value is -1.48. The number of allylic oxidation sites excluding steroid dienone is 3. The van der Waals surface area contributed by atoms with Gasteiger partial charge in [0.25, 0.3) is 0 Å². The van der Waals surface area contributed by atoms with Crippen molar-refractivity contribution >= 4 is 5.57 Å². The van der Waals surface area contributed by atoms with E-state index in [2.05, 4.69) is 43.7 Å². The number of nitrogens with zero attached hydrogens (tertiary/aromatic N) is 2. The molecule has 0 spiro atoms. The molecule has 0 saturated heterocycles. The minimum Gasteiger partial charge on any atom is -0.393 e. The molecular weight excluding hydrogens is 368 g/mol. The third-order valence-electron chi connectivity index (χ3n) is 9.77. The maximum atomic E-state index is 10.4. The van der Waals surface area contributed by atoms with E-state index in [0.29, 0.717) is 17.3 Å². The zero-order valence-electron chi connectivity index (χ0n) is 19.2. The largest absolute Gasteiger partial charge is 0.393 e. The van der Waals surface area contributed by atoms with Gasteiger partial charge in [0.05, 0.1) is 6.10 Å². The Morgan fingerprint density at radius 3 is 2.43 bits per heavy atom. The van der Waals surface area contributed by atoms with E-state index in [-0.39, 0.29) is 11.5 Å². The molecule has 4 aliphatic carbocycles. The monoisotopic (exact) mass is 406 g/mol. The molecule has 162 valence electrons. The van der Waals surface area contributed by atoms with Crippen LogP contribution >= 0.6 is 0 Å². The Bertz CT molecular complexity index is 874. The number of hydrogen-bond acceptors (Lipinski definition) is 3. The van der Waals surface area contributed by atoms with Crippen molar-refractivity contribution in [3.63, 3.8) is 0 Å². The predicted octanol–water partition coefficient (Wildman–Crippen LogP) is 6.21. The van der Waals surface area contributed by atoms with Crippen LogP contribution in [0, 0.1) is 34.5 Å². The van der Waals surface area contributed by atoms with Crippen molar-refractivity contribution in [3.8, 4) is 0 Å². The van der Waals surface area contributed by atoms with Crippen molar-refractivity contribution in [2.75, 3.05) is 0 Å². The van der Waals surface area contributed by atoms with Crippen LogP contribution in [0.3, 0.4) is 0 Å². The fraction of sp³-hybridized carbons (Fsp3) is 0.704. The van der Waals surface area contributed by atoms with E-state index in [1.807, 2.05) is 12.4 Å². The molecule has 30 heavy (non-hydrogen) atoms. The van der Waals surface area contributed by atoms with Crippen molar-refractivity contribution in [1.82, 2.24) is 9.97 Å². The van der Waals surface area contributed by atoms with E-state index in [9.17, 15) is 5.11 Å². The molecule has 7 atom stereocenters. The van der Waals surface area contributed by atoms with Crippen LogP contribution in [-0.2, 0) is 0 Å². The zero-order valence-corrected chi connectivity index (χ0v) is 19.2. The van der Waals surface area contributed by atoms with Gasteiger partial charge in [-0.05, 0) is 91.4 Å². The van der Waals surface area contributed by atoms with Crippen LogP contribution in [0.1, 0.15) is 84.6 Å². The normalized spacial score (nSPS) is 43.0. The molecule has 1 heterocycles. The van der Waals surface area contributed by atoms with Crippen LogP contribution in [0.5, 0.6) is 0 Å². The number of aromatic nitrogens is 2. The summed E-state index contributed by atoms with van der Waals surface area (Å²) in [6, 6.07) is 0. The Labute approximate surface area is 182 Å². The van der Waals surface area contributed by atoms with Crippen molar-refractivity contribution in [1.29, 1.82) is 0 Å². The van der Waals surface area contributed by atoms with Gasteiger partial charge in [-0.15, -0.1) is 0 Å². The van der Waals surface area contributed by atoms with Gasteiger partial charge >= 0.3 is 0 Å². The summed E-state index contributed by atoms with van der Waals surface area (Å²) in [5.74, 6) is 2.88. The van der Waals surface area contributed by atoms with Crippen molar-refractivity contribution in [2.45, 2.75) is 85.2 Å². The minimum atomic E-state index is -0.128. The first-order chi connectivity index (χ1) is 14.4. The molecule has 1 N–H and O–H groups in total. The summed E-state index contributed by atoms with van der Waals surface area (Å²) in [6.45, 7) is 9.79. The summed E-state index contributed by atoms with van der Waals surface area (Å²) in [5.41, 5.74) is 6.58. The molecule has 0 bridgehead atoms.